The van der Waals surface area contributed by atoms with Crippen molar-refractivity contribution in [2.24, 2.45) is 0 Å². The first-order chi connectivity index (χ1) is 15.0. The van der Waals surface area contributed by atoms with E-state index < -0.39 is 11.6 Å². The molecule has 0 radical (unpaired) electrons. The lowest BCUT2D eigenvalue weighted by molar-refractivity contribution is 0.102. The Kier molecular flexibility index (Phi) is 4.65. The topological polar surface area (TPSA) is 78.3 Å². The highest BCUT2D eigenvalue weighted by molar-refractivity contribution is 6.08. The maximum atomic E-state index is 14.4. The van der Waals surface area contributed by atoms with Gasteiger partial charge in [0.25, 0.3) is 5.91 Å². The first-order valence-electron chi connectivity index (χ1n) is 10.0. The molecule has 1 aromatic carbocycles. The van der Waals surface area contributed by atoms with E-state index in [9.17, 15) is 13.6 Å². The SMILES string of the molecule is Cc1cc(NC(=O)c2cnn3ccc(N4CCC[C@@H]4c4cc(F)ccc4F)cc23)[nH]n1. The molecule has 1 saturated heterocycles. The number of hydrogen-bond acceptors (Lipinski definition) is 4. The van der Waals surface area contributed by atoms with E-state index in [2.05, 4.69) is 20.6 Å². The van der Waals surface area contributed by atoms with Gasteiger partial charge < -0.3 is 10.2 Å². The highest BCUT2D eigenvalue weighted by Gasteiger charge is 2.29. The lowest BCUT2D eigenvalue weighted by atomic mass is 10.0. The third kappa shape index (κ3) is 3.52. The molecule has 7 nitrogen and oxygen atoms in total. The van der Waals surface area contributed by atoms with Crippen LogP contribution >= 0.6 is 0 Å². The van der Waals surface area contributed by atoms with Crippen LogP contribution < -0.4 is 10.2 Å². The molecule has 5 rings (SSSR count). The molecule has 158 valence electrons. The number of pyridine rings is 1. The molecule has 1 aliphatic rings. The van der Waals surface area contributed by atoms with Crippen molar-refractivity contribution >= 4 is 22.9 Å². The number of hydrogen-bond donors (Lipinski definition) is 2. The van der Waals surface area contributed by atoms with Crippen LogP contribution in [0.1, 0.15) is 40.5 Å². The van der Waals surface area contributed by atoms with Crippen LogP contribution in [-0.2, 0) is 0 Å². The molecule has 1 atom stereocenters. The molecule has 2 N–H and O–H groups in total. The van der Waals surface area contributed by atoms with E-state index in [1.54, 1.807) is 16.8 Å². The van der Waals surface area contributed by atoms with Crippen LogP contribution in [0.3, 0.4) is 0 Å². The summed E-state index contributed by atoms with van der Waals surface area (Å²) in [7, 11) is 0. The summed E-state index contributed by atoms with van der Waals surface area (Å²) in [5.74, 6) is -0.690. The van der Waals surface area contributed by atoms with E-state index >= 15 is 0 Å². The summed E-state index contributed by atoms with van der Waals surface area (Å²) < 4.78 is 29.8. The van der Waals surface area contributed by atoms with Crippen molar-refractivity contribution in [3.05, 3.63) is 77.2 Å². The highest BCUT2D eigenvalue weighted by Crippen LogP contribution is 2.38. The van der Waals surface area contributed by atoms with E-state index in [0.717, 1.165) is 30.3 Å². The number of amides is 1. The standard InChI is InChI=1S/C22H20F2N6O/c1-13-9-21(28-27-13)26-22(31)17-12-25-30-8-6-15(11-20(17)30)29-7-2-3-19(29)16-10-14(23)4-5-18(16)24/h4-6,8-12,19H,2-3,7H2,1H3,(H2,26,27,28,31)/t19-/m1/s1. The summed E-state index contributed by atoms with van der Waals surface area (Å²) in [5.41, 5.74) is 2.96. The monoisotopic (exact) mass is 422 g/mol. The van der Waals surface area contributed by atoms with Gasteiger partial charge in [-0.15, -0.1) is 0 Å². The molecular weight excluding hydrogens is 402 g/mol. The van der Waals surface area contributed by atoms with Crippen molar-refractivity contribution in [3.63, 3.8) is 0 Å². The van der Waals surface area contributed by atoms with E-state index in [1.165, 1.54) is 18.3 Å². The number of aromatic nitrogens is 4. The van der Waals surface area contributed by atoms with E-state index in [-0.39, 0.29) is 11.9 Å². The minimum atomic E-state index is -0.456. The molecule has 0 aliphatic carbocycles. The van der Waals surface area contributed by atoms with Crippen molar-refractivity contribution in [3.8, 4) is 0 Å². The van der Waals surface area contributed by atoms with E-state index in [1.807, 2.05) is 24.0 Å². The molecule has 4 aromatic rings. The summed E-state index contributed by atoms with van der Waals surface area (Å²) in [6.45, 7) is 2.53. The van der Waals surface area contributed by atoms with Gasteiger partial charge in [0.2, 0.25) is 0 Å². The zero-order chi connectivity index (χ0) is 21.5. The minimum absolute atomic E-state index is 0.272. The molecule has 0 saturated carbocycles. The molecule has 0 unspecified atom stereocenters. The largest absolute Gasteiger partial charge is 0.364 e. The van der Waals surface area contributed by atoms with Gasteiger partial charge in [0.05, 0.1) is 29.0 Å². The van der Waals surface area contributed by atoms with Crippen LogP contribution in [0.25, 0.3) is 5.52 Å². The maximum Gasteiger partial charge on any atom is 0.260 e. The molecule has 0 bridgehead atoms. The summed E-state index contributed by atoms with van der Waals surface area (Å²) in [6.07, 6.45) is 4.85. The Morgan fingerprint density at radius 2 is 2.10 bits per heavy atom. The summed E-state index contributed by atoms with van der Waals surface area (Å²) in [6, 6.07) is 8.75. The first kappa shape index (κ1) is 19.2. The van der Waals surface area contributed by atoms with Gasteiger partial charge in [-0.1, -0.05) is 0 Å². The average molecular weight is 422 g/mol. The number of aryl methyl sites for hydroxylation is 1. The predicted molar refractivity (Wildman–Crippen MR) is 112 cm³/mol. The number of rotatable bonds is 4. The predicted octanol–water partition coefficient (Wildman–Crippen LogP) is 4.24. The van der Waals surface area contributed by atoms with Crippen LogP contribution in [0.4, 0.5) is 20.3 Å². The van der Waals surface area contributed by atoms with Crippen LogP contribution in [-0.4, -0.2) is 32.3 Å². The fourth-order valence-corrected chi connectivity index (χ4v) is 4.17. The number of carbonyl (C=O) groups excluding carboxylic acids is 1. The van der Waals surface area contributed by atoms with Gasteiger partial charge in [-0.25, -0.2) is 13.3 Å². The third-order valence-electron chi connectivity index (χ3n) is 5.61. The summed E-state index contributed by atoms with van der Waals surface area (Å²) in [5, 5.41) is 13.8. The average Bonchev–Trinajstić information content (AvgIpc) is 3.48. The first-order valence-corrected chi connectivity index (χ1v) is 10.0. The second-order valence-corrected chi connectivity index (χ2v) is 7.67. The van der Waals surface area contributed by atoms with Gasteiger partial charge in [-0.3, -0.25) is 9.89 Å². The summed E-state index contributed by atoms with van der Waals surface area (Å²) >= 11 is 0. The number of fused-ring (bicyclic) bond motifs is 1. The Balaban J connectivity index is 1.48. The number of benzene rings is 1. The zero-order valence-electron chi connectivity index (χ0n) is 16.8. The second kappa shape index (κ2) is 7.50. The molecule has 1 fully saturated rings. The minimum Gasteiger partial charge on any atom is -0.364 e. The van der Waals surface area contributed by atoms with Crippen LogP contribution in [0.5, 0.6) is 0 Å². The number of carbonyl (C=O) groups is 1. The molecule has 1 amide bonds. The second-order valence-electron chi connectivity index (χ2n) is 7.67. The molecule has 3 aromatic heterocycles. The van der Waals surface area contributed by atoms with Gasteiger partial charge in [0, 0.05) is 30.1 Å². The molecule has 31 heavy (non-hydrogen) atoms. The van der Waals surface area contributed by atoms with Gasteiger partial charge in [0.15, 0.2) is 0 Å². The number of nitrogens with zero attached hydrogens (tertiary/aromatic N) is 4. The van der Waals surface area contributed by atoms with Gasteiger partial charge in [-0.05, 0) is 50.1 Å². The van der Waals surface area contributed by atoms with Crippen LogP contribution in [0, 0.1) is 18.6 Å². The third-order valence-corrected chi connectivity index (χ3v) is 5.61. The zero-order valence-corrected chi connectivity index (χ0v) is 16.8. The Hall–Kier alpha value is -3.75. The van der Waals surface area contributed by atoms with Crippen molar-refractivity contribution in [2.45, 2.75) is 25.8 Å². The Bertz CT molecular complexity index is 1280. The van der Waals surface area contributed by atoms with Crippen molar-refractivity contribution in [1.82, 2.24) is 19.8 Å². The lowest BCUT2D eigenvalue weighted by Crippen LogP contribution is -2.23. The van der Waals surface area contributed by atoms with Gasteiger partial charge >= 0.3 is 0 Å². The molecular formula is C22H20F2N6O. The fraction of sp³-hybridized carbons (Fsp3) is 0.227. The maximum absolute atomic E-state index is 14.4. The van der Waals surface area contributed by atoms with Crippen molar-refractivity contribution in [1.29, 1.82) is 0 Å². The van der Waals surface area contributed by atoms with E-state index in [4.69, 9.17) is 0 Å². The molecule has 0 spiro atoms. The molecule has 1 aliphatic heterocycles. The quantitative estimate of drug-likeness (QED) is 0.516. The number of halogens is 2. The molecule has 9 heteroatoms. The van der Waals surface area contributed by atoms with Gasteiger partial charge in [0.1, 0.15) is 17.5 Å². The summed E-state index contributed by atoms with van der Waals surface area (Å²) in [4.78, 5) is 14.8. The number of aromatic amines is 1. The Labute approximate surface area is 176 Å². The fourth-order valence-electron chi connectivity index (χ4n) is 4.17. The van der Waals surface area contributed by atoms with Crippen molar-refractivity contribution < 1.29 is 13.6 Å². The Morgan fingerprint density at radius 3 is 2.90 bits per heavy atom. The van der Waals surface area contributed by atoms with Crippen LogP contribution in [0.2, 0.25) is 0 Å². The number of H-pyrrole nitrogens is 1. The Morgan fingerprint density at radius 1 is 1.23 bits per heavy atom. The molecule has 4 heterocycles. The normalized spacial score (nSPS) is 16.2. The van der Waals surface area contributed by atoms with E-state index in [0.29, 0.717) is 29.0 Å². The lowest BCUT2D eigenvalue weighted by Gasteiger charge is -2.27. The smallest absolute Gasteiger partial charge is 0.260 e. The number of nitrogens with one attached hydrogen (secondary N) is 2. The highest BCUT2D eigenvalue weighted by atomic mass is 19.1. The van der Waals surface area contributed by atoms with Gasteiger partial charge in [-0.2, -0.15) is 10.2 Å². The number of anilines is 2. The van der Waals surface area contributed by atoms with Crippen molar-refractivity contribution in [2.75, 3.05) is 16.8 Å². The van der Waals surface area contributed by atoms with Crippen LogP contribution in [0.15, 0.2) is 48.8 Å².